The van der Waals surface area contributed by atoms with Crippen molar-refractivity contribution in [1.82, 2.24) is 9.78 Å². The van der Waals surface area contributed by atoms with Gasteiger partial charge in [0, 0.05) is 11.4 Å². The van der Waals surface area contributed by atoms with Gasteiger partial charge in [0.1, 0.15) is 18.9 Å². The maximum atomic E-state index is 13.4. The number of aromatic nitrogens is 2. The van der Waals surface area contributed by atoms with E-state index in [1.54, 1.807) is 10.7 Å². The van der Waals surface area contributed by atoms with Crippen molar-refractivity contribution < 1.29 is 18.7 Å². The van der Waals surface area contributed by atoms with Crippen LogP contribution in [0.2, 0.25) is 0 Å². The molecule has 122 valence electrons. The number of carbonyl (C=O) groups excluding carboxylic acids is 2. The summed E-state index contributed by atoms with van der Waals surface area (Å²) in [6.45, 7) is 3.32. The van der Waals surface area contributed by atoms with Crippen molar-refractivity contribution >= 4 is 17.6 Å². The lowest BCUT2D eigenvalue weighted by molar-refractivity contribution is -0.140. The minimum Gasteiger partial charge on any atom is -0.468 e. The summed E-state index contributed by atoms with van der Waals surface area (Å²) in [4.78, 5) is 25.3. The van der Waals surface area contributed by atoms with E-state index < -0.39 is 11.8 Å². The largest absolute Gasteiger partial charge is 0.468 e. The van der Waals surface area contributed by atoms with Gasteiger partial charge in [-0.1, -0.05) is 6.07 Å². The Kier molecular flexibility index (Phi) is 5.10. The molecule has 0 aliphatic carbocycles. The van der Waals surface area contributed by atoms with Crippen LogP contribution in [0.25, 0.3) is 0 Å². The molecule has 0 atom stereocenters. The molecule has 1 amide bonds. The first-order valence-corrected chi connectivity index (χ1v) is 7.04. The summed E-state index contributed by atoms with van der Waals surface area (Å²) in [7, 11) is 1.23. The van der Waals surface area contributed by atoms with Gasteiger partial charge < -0.3 is 4.74 Å². The molecule has 0 fully saturated rings. The number of anilines is 1. The first-order chi connectivity index (χ1) is 10.9. The maximum absolute atomic E-state index is 13.4. The van der Waals surface area contributed by atoms with Gasteiger partial charge in [-0.25, -0.2) is 4.39 Å². The van der Waals surface area contributed by atoms with Gasteiger partial charge in [0.25, 0.3) is 0 Å². The predicted octanol–water partition coefficient (Wildman–Crippen LogP) is 1.85. The van der Waals surface area contributed by atoms with Crippen LogP contribution < -0.4 is 4.90 Å². The molecule has 2 rings (SSSR count). The third-order valence-electron chi connectivity index (χ3n) is 3.32. The summed E-state index contributed by atoms with van der Waals surface area (Å²) in [6.07, 6.45) is 0. The number of aryl methyl sites for hydroxylation is 2. The number of ether oxygens (including phenoxy) is 1. The molecule has 0 bridgehead atoms. The molecule has 0 aliphatic rings. The van der Waals surface area contributed by atoms with Gasteiger partial charge in [0.2, 0.25) is 5.91 Å². The predicted molar refractivity (Wildman–Crippen MR) is 82.5 cm³/mol. The van der Waals surface area contributed by atoms with Crippen molar-refractivity contribution in [3.05, 3.63) is 47.5 Å². The van der Waals surface area contributed by atoms with Crippen LogP contribution in [-0.2, 0) is 20.9 Å². The lowest BCUT2D eigenvalue weighted by atomic mass is 10.2. The molecule has 0 saturated heterocycles. The summed E-state index contributed by atoms with van der Waals surface area (Å²) >= 11 is 0. The van der Waals surface area contributed by atoms with Gasteiger partial charge in [0.05, 0.1) is 12.8 Å². The summed E-state index contributed by atoms with van der Waals surface area (Å²) in [6, 6.07) is 7.35. The molecule has 2 aromatic rings. The van der Waals surface area contributed by atoms with Gasteiger partial charge in [0.15, 0.2) is 0 Å². The van der Waals surface area contributed by atoms with E-state index in [0.717, 1.165) is 11.4 Å². The highest BCUT2D eigenvalue weighted by Gasteiger charge is 2.21. The molecule has 7 heteroatoms. The summed E-state index contributed by atoms with van der Waals surface area (Å²) in [5.41, 5.74) is 1.91. The molecule has 0 N–H and O–H groups in total. The highest BCUT2D eigenvalue weighted by molar-refractivity contribution is 5.97. The molecule has 0 spiro atoms. The Morgan fingerprint density at radius 2 is 2.04 bits per heavy atom. The highest BCUT2D eigenvalue weighted by atomic mass is 19.1. The van der Waals surface area contributed by atoms with Crippen LogP contribution in [-0.4, -0.2) is 35.3 Å². The van der Waals surface area contributed by atoms with E-state index in [4.69, 9.17) is 0 Å². The number of benzene rings is 1. The Labute approximate surface area is 133 Å². The Morgan fingerprint density at radius 1 is 1.30 bits per heavy atom. The van der Waals surface area contributed by atoms with Crippen molar-refractivity contribution in [2.75, 3.05) is 18.6 Å². The average molecular weight is 319 g/mol. The zero-order valence-electron chi connectivity index (χ0n) is 13.2. The van der Waals surface area contributed by atoms with Gasteiger partial charge in [-0.15, -0.1) is 0 Å². The normalized spacial score (nSPS) is 10.4. The van der Waals surface area contributed by atoms with Gasteiger partial charge >= 0.3 is 5.97 Å². The molecular formula is C16H18FN3O3. The topological polar surface area (TPSA) is 64.4 Å². The Morgan fingerprint density at radius 3 is 2.61 bits per heavy atom. The number of rotatable bonds is 5. The van der Waals surface area contributed by atoms with Crippen LogP contribution >= 0.6 is 0 Å². The fourth-order valence-corrected chi connectivity index (χ4v) is 2.21. The second-order valence-electron chi connectivity index (χ2n) is 5.12. The van der Waals surface area contributed by atoms with E-state index in [-0.39, 0.29) is 19.0 Å². The van der Waals surface area contributed by atoms with E-state index in [0.29, 0.717) is 5.69 Å². The summed E-state index contributed by atoms with van der Waals surface area (Å²) in [5, 5.41) is 4.22. The summed E-state index contributed by atoms with van der Waals surface area (Å²) < 4.78 is 19.6. The second-order valence-corrected chi connectivity index (χ2v) is 5.12. The number of halogens is 1. The molecule has 0 saturated carbocycles. The molecule has 1 aromatic carbocycles. The smallest absolute Gasteiger partial charge is 0.325 e. The second kappa shape index (κ2) is 7.04. The lowest BCUT2D eigenvalue weighted by Gasteiger charge is -2.22. The summed E-state index contributed by atoms with van der Waals surface area (Å²) in [5.74, 6) is -1.46. The lowest BCUT2D eigenvalue weighted by Crippen LogP contribution is -2.38. The van der Waals surface area contributed by atoms with Gasteiger partial charge in [-0.2, -0.15) is 5.10 Å². The molecular weight excluding hydrogens is 301 g/mol. The third-order valence-corrected chi connectivity index (χ3v) is 3.32. The van der Waals surface area contributed by atoms with Gasteiger partial charge in [-0.3, -0.25) is 19.2 Å². The Bertz CT molecular complexity index is 727. The van der Waals surface area contributed by atoms with E-state index in [1.807, 2.05) is 19.9 Å². The van der Waals surface area contributed by atoms with Crippen LogP contribution in [0.1, 0.15) is 11.4 Å². The highest BCUT2D eigenvalue weighted by Crippen LogP contribution is 2.17. The number of methoxy groups -OCH3 is 1. The average Bonchev–Trinajstić information content (AvgIpc) is 2.82. The van der Waals surface area contributed by atoms with Crippen LogP contribution in [0, 0.1) is 19.7 Å². The molecule has 23 heavy (non-hydrogen) atoms. The van der Waals surface area contributed by atoms with Crippen LogP contribution in [0.5, 0.6) is 0 Å². The van der Waals surface area contributed by atoms with Crippen molar-refractivity contribution in [3.8, 4) is 0 Å². The quantitative estimate of drug-likeness (QED) is 0.789. The van der Waals surface area contributed by atoms with E-state index in [2.05, 4.69) is 9.84 Å². The van der Waals surface area contributed by atoms with E-state index in [1.165, 1.54) is 30.2 Å². The Hall–Kier alpha value is -2.70. The minimum atomic E-state index is -0.587. The minimum absolute atomic E-state index is 0.0484. The molecule has 6 nitrogen and oxygen atoms in total. The number of nitrogens with zero attached hydrogens (tertiary/aromatic N) is 3. The molecule has 0 radical (unpaired) electrons. The molecule has 1 heterocycles. The third kappa shape index (κ3) is 4.15. The first kappa shape index (κ1) is 16.7. The van der Waals surface area contributed by atoms with Crippen LogP contribution in [0.4, 0.5) is 10.1 Å². The maximum Gasteiger partial charge on any atom is 0.325 e. The van der Waals surface area contributed by atoms with Crippen molar-refractivity contribution in [1.29, 1.82) is 0 Å². The van der Waals surface area contributed by atoms with Crippen LogP contribution in [0.15, 0.2) is 30.3 Å². The van der Waals surface area contributed by atoms with E-state index >= 15 is 0 Å². The fraction of sp³-hybridized carbons (Fsp3) is 0.312. The van der Waals surface area contributed by atoms with Crippen molar-refractivity contribution in [2.24, 2.45) is 0 Å². The van der Waals surface area contributed by atoms with Crippen molar-refractivity contribution in [3.63, 3.8) is 0 Å². The van der Waals surface area contributed by atoms with Crippen LogP contribution in [0.3, 0.4) is 0 Å². The van der Waals surface area contributed by atoms with Crippen molar-refractivity contribution in [2.45, 2.75) is 20.4 Å². The fourth-order valence-electron chi connectivity index (χ4n) is 2.21. The zero-order chi connectivity index (χ0) is 17.0. The standard InChI is InChI=1S/C16H18FN3O3/c1-11-7-12(2)20(18-11)9-15(21)19(10-16(22)23-3)14-6-4-5-13(17)8-14/h4-8H,9-10H2,1-3H3. The number of carbonyl (C=O) groups is 2. The number of hydrogen-bond donors (Lipinski definition) is 0. The number of amides is 1. The van der Waals surface area contributed by atoms with E-state index in [9.17, 15) is 14.0 Å². The zero-order valence-corrected chi connectivity index (χ0v) is 13.2. The molecule has 0 aliphatic heterocycles. The number of esters is 1. The SMILES string of the molecule is COC(=O)CN(C(=O)Cn1nc(C)cc1C)c1cccc(F)c1. The first-order valence-electron chi connectivity index (χ1n) is 7.04. The molecule has 0 unspecified atom stereocenters. The monoisotopic (exact) mass is 319 g/mol. The molecule has 1 aromatic heterocycles. The Balaban J connectivity index is 2.27. The number of hydrogen-bond acceptors (Lipinski definition) is 4. The van der Waals surface area contributed by atoms with Gasteiger partial charge in [-0.05, 0) is 38.1 Å².